The second kappa shape index (κ2) is 6.94. The number of hydrogen-bond donors (Lipinski definition) is 2. The number of thioether (sulfide) groups is 1. The van der Waals surface area contributed by atoms with Gasteiger partial charge < -0.3 is 10.2 Å². The fraction of sp³-hybridized carbons (Fsp3) is 0.538. The van der Waals surface area contributed by atoms with Crippen LogP contribution >= 0.6 is 11.8 Å². The van der Waals surface area contributed by atoms with Gasteiger partial charge in [0, 0.05) is 10.3 Å². The molecule has 1 rings (SSSR count). The van der Waals surface area contributed by atoms with Crippen molar-refractivity contribution in [2.45, 2.75) is 24.7 Å². The van der Waals surface area contributed by atoms with E-state index in [9.17, 15) is 10.2 Å². The van der Waals surface area contributed by atoms with Crippen LogP contribution in [0, 0.1) is 5.41 Å². The van der Waals surface area contributed by atoms with Gasteiger partial charge in [0.2, 0.25) is 0 Å². The standard InChI is InChI=1S/C13H20O2S/c1-2-13(10-14,11-15)8-9-16-12-6-4-3-5-7-12/h3-7,14-15H,2,8-11H2,1H3. The van der Waals surface area contributed by atoms with E-state index in [1.54, 1.807) is 11.8 Å². The van der Waals surface area contributed by atoms with Gasteiger partial charge in [-0.25, -0.2) is 0 Å². The van der Waals surface area contributed by atoms with Gasteiger partial charge in [-0.05, 0) is 30.7 Å². The second-order valence-electron chi connectivity index (χ2n) is 4.08. The zero-order valence-corrected chi connectivity index (χ0v) is 10.5. The minimum Gasteiger partial charge on any atom is -0.396 e. The predicted octanol–water partition coefficient (Wildman–Crippen LogP) is 2.55. The fourth-order valence-electron chi connectivity index (χ4n) is 1.51. The van der Waals surface area contributed by atoms with Crippen molar-refractivity contribution in [1.29, 1.82) is 0 Å². The number of benzene rings is 1. The third-order valence-electron chi connectivity index (χ3n) is 3.07. The Kier molecular flexibility index (Phi) is 5.88. The molecule has 0 saturated carbocycles. The Labute approximate surface area is 102 Å². The Hall–Kier alpha value is -0.510. The molecule has 0 aliphatic carbocycles. The van der Waals surface area contributed by atoms with E-state index in [1.807, 2.05) is 25.1 Å². The van der Waals surface area contributed by atoms with Crippen LogP contribution in [0.4, 0.5) is 0 Å². The summed E-state index contributed by atoms with van der Waals surface area (Å²) in [5, 5.41) is 18.6. The lowest BCUT2D eigenvalue weighted by molar-refractivity contribution is 0.0490. The lowest BCUT2D eigenvalue weighted by Crippen LogP contribution is -2.29. The summed E-state index contributed by atoms with van der Waals surface area (Å²) in [6, 6.07) is 10.2. The fourth-order valence-corrected chi connectivity index (χ4v) is 2.63. The van der Waals surface area contributed by atoms with Gasteiger partial charge in [-0.3, -0.25) is 0 Å². The Bertz CT molecular complexity index is 275. The highest BCUT2D eigenvalue weighted by atomic mass is 32.2. The van der Waals surface area contributed by atoms with Gasteiger partial charge in [-0.1, -0.05) is 25.1 Å². The summed E-state index contributed by atoms with van der Waals surface area (Å²) in [6.45, 7) is 2.14. The van der Waals surface area contributed by atoms with E-state index >= 15 is 0 Å². The molecule has 0 unspecified atom stereocenters. The number of aliphatic hydroxyl groups excluding tert-OH is 2. The molecule has 2 N–H and O–H groups in total. The average Bonchev–Trinajstić information content (AvgIpc) is 2.37. The van der Waals surface area contributed by atoms with Gasteiger partial charge in [-0.15, -0.1) is 11.8 Å². The van der Waals surface area contributed by atoms with E-state index in [2.05, 4.69) is 12.1 Å². The molecule has 2 nitrogen and oxygen atoms in total. The van der Waals surface area contributed by atoms with Crippen LogP contribution in [0.15, 0.2) is 35.2 Å². The van der Waals surface area contributed by atoms with Crippen molar-refractivity contribution >= 4 is 11.8 Å². The molecular weight excluding hydrogens is 220 g/mol. The van der Waals surface area contributed by atoms with Crippen LogP contribution < -0.4 is 0 Å². The van der Waals surface area contributed by atoms with Gasteiger partial charge >= 0.3 is 0 Å². The maximum atomic E-state index is 9.30. The largest absolute Gasteiger partial charge is 0.396 e. The van der Waals surface area contributed by atoms with Crippen LogP contribution in [0.2, 0.25) is 0 Å². The predicted molar refractivity (Wildman–Crippen MR) is 68.7 cm³/mol. The first kappa shape index (κ1) is 13.6. The van der Waals surface area contributed by atoms with Crippen molar-refractivity contribution < 1.29 is 10.2 Å². The van der Waals surface area contributed by atoms with Gasteiger partial charge in [0.25, 0.3) is 0 Å². The highest BCUT2D eigenvalue weighted by Crippen LogP contribution is 2.29. The smallest absolute Gasteiger partial charge is 0.0509 e. The van der Waals surface area contributed by atoms with Gasteiger partial charge in [0.05, 0.1) is 13.2 Å². The molecular formula is C13H20O2S. The van der Waals surface area contributed by atoms with Crippen molar-refractivity contribution in [2.24, 2.45) is 5.41 Å². The van der Waals surface area contributed by atoms with Crippen LogP contribution in [-0.2, 0) is 0 Å². The van der Waals surface area contributed by atoms with Crippen molar-refractivity contribution in [1.82, 2.24) is 0 Å². The Balaban J connectivity index is 2.39. The normalized spacial score (nSPS) is 11.7. The SMILES string of the molecule is CCC(CO)(CO)CCSc1ccccc1. The highest BCUT2D eigenvalue weighted by Gasteiger charge is 2.25. The molecule has 0 bridgehead atoms. The molecule has 0 fully saturated rings. The van der Waals surface area contributed by atoms with Crippen LogP contribution in [0.25, 0.3) is 0 Å². The third kappa shape index (κ3) is 3.81. The summed E-state index contributed by atoms with van der Waals surface area (Å²) >= 11 is 1.77. The Morgan fingerprint density at radius 3 is 2.25 bits per heavy atom. The quantitative estimate of drug-likeness (QED) is 0.720. The van der Waals surface area contributed by atoms with Crippen LogP contribution in [-0.4, -0.2) is 29.2 Å². The van der Waals surface area contributed by atoms with Crippen molar-refractivity contribution in [2.75, 3.05) is 19.0 Å². The summed E-state index contributed by atoms with van der Waals surface area (Å²) in [5.74, 6) is 0.930. The van der Waals surface area contributed by atoms with Crippen LogP contribution in [0.5, 0.6) is 0 Å². The van der Waals surface area contributed by atoms with Gasteiger partial charge in [-0.2, -0.15) is 0 Å². The minimum atomic E-state index is -0.304. The first-order valence-electron chi connectivity index (χ1n) is 5.66. The first-order chi connectivity index (χ1) is 7.76. The van der Waals surface area contributed by atoms with E-state index < -0.39 is 0 Å². The highest BCUT2D eigenvalue weighted by molar-refractivity contribution is 7.99. The molecule has 0 atom stereocenters. The molecule has 0 amide bonds. The third-order valence-corrected chi connectivity index (χ3v) is 4.08. The molecule has 16 heavy (non-hydrogen) atoms. The molecule has 1 aromatic rings. The van der Waals surface area contributed by atoms with Crippen LogP contribution in [0.1, 0.15) is 19.8 Å². The maximum Gasteiger partial charge on any atom is 0.0509 e. The summed E-state index contributed by atoms with van der Waals surface area (Å²) in [5.41, 5.74) is -0.304. The molecule has 3 heteroatoms. The average molecular weight is 240 g/mol. The van der Waals surface area contributed by atoms with E-state index in [-0.39, 0.29) is 18.6 Å². The summed E-state index contributed by atoms with van der Waals surface area (Å²) < 4.78 is 0. The molecule has 0 heterocycles. The molecule has 0 radical (unpaired) electrons. The molecule has 0 spiro atoms. The summed E-state index contributed by atoms with van der Waals surface area (Å²) in [6.07, 6.45) is 1.66. The molecule has 90 valence electrons. The molecule has 0 aliphatic rings. The number of rotatable bonds is 7. The monoisotopic (exact) mass is 240 g/mol. The zero-order chi connectivity index (χ0) is 11.9. The lowest BCUT2D eigenvalue weighted by Gasteiger charge is -2.27. The Morgan fingerprint density at radius 2 is 1.75 bits per heavy atom. The van der Waals surface area contributed by atoms with Crippen LogP contribution in [0.3, 0.4) is 0 Å². The number of hydrogen-bond acceptors (Lipinski definition) is 3. The molecule has 0 saturated heterocycles. The summed E-state index contributed by atoms with van der Waals surface area (Å²) in [4.78, 5) is 1.24. The first-order valence-corrected chi connectivity index (χ1v) is 6.64. The molecule has 0 aliphatic heterocycles. The van der Waals surface area contributed by atoms with Crippen molar-refractivity contribution in [3.63, 3.8) is 0 Å². The van der Waals surface area contributed by atoms with Crippen molar-refractivity contribution in [3.8, 4) is 0 Å². The topological polar surface area (TPSA) is 40.5 Å². The number of aliphatic hydroxyl groups is 2. The second-order valence-corrected chi connectivity index (χ2v) is 5.25. The van der Waals surface area contributed by atoms with E-state index in [0.717, 1.165) is 18.6 Å². The van der Waals surface area contributed by atoms with E-state index in [4.69, 9.17) is 0 Å². The Morgan fingerprint density at radius 1 is 1.12 bits per heavy atom. The summed E-state index contributed by atoms with van der Waals surface area (Å²) in [7, 11) is 0. The van der Waals surface area contributed by atoms with E-state index in [1.165, 1.54) is 4.90 Å². The lowest BCUT2D eigenvalue weighted by atomic mass is 9.84. The zero-order valence-electron chi connectivity index (χ0n) is 9.72. The minimum absolute atomic E-state index is 0.0648. The van der Waals surface area contributed by atoms with Gasteiger partial charge in [0.1, 0.15) is 0 Å². The van der Waals surface area contributed by atoms with Crippen molar-refractivity contribution in [3.05, 3.63) is 30.3 Å². The van der Waals surface area contributed by atoms with E-state index in [0.29, 0.717) is 0 Å². The molecule has 1 aromatic carbocycles. The van der Waals surface area contributed by atoms with Gasteiger partial charge in [0.15, 0.2) is 0 Å². The molecule has 0 aromatic heterocycles. The maximum absolute atomic E-state index is 9.30.